The number of methoxy groups -OCH3 is 1. The molecule has 118 valence electrons. The Bertz CT molecular complexity index is 1020. The van der Waals surface area contributed by atoms with Gasteiger partial charge in [-0.2, -0.15) is 5.10 Å². The van der Waals surface area contributed by atoms with Crippen LogP contribution in [0.3, 0.4) is 0 Å². The highest BCUT2D eigenvalue weighted by molar-refractivity contribution is 5.88. The Morgan fingerprint density at radius 1 is 1.08 bits per heavy atom. The molecule has 24 heavy (non-hydrogen) atoms. The Kier molecular flexibility index (Phi) is 3.34. The van der Waals surface area contributed by atoms with Crippen LogP contribution in [-0.4, -0.2) is 37.2 Å². The van der Waals surface area contributed by atoms with Gasteiger partial charge in [0.25, 0.3) is 0 Å². The van der Waals surface area contributed by atoms with Crippen molar-refractivity contribution in [3.05, 3.63) is 48.9 Å². The lowest BCUT2D eigenvalue weighted by molar-refractivity contribution is 0.386. The molecule has 7 nitrogen and oxygen atoms in total. The first kappa shape index (κ1) is 14.2. The van der Waals surface area contributed by atoms with E-state index in [-0.39, 0.29) is 5.75 Å². The second-order valence-corrected chi connectivity index (χ2v) is 5.00. The van der Waals surface area contributed by atoms with Gasteiger partial charge < -0.3 is 4.74 Å². The van der Waals surface area contributed by atoms with E-state index in [0.717, 1.165) is 5.56 Å². The summed E-state index contributed by atoms with van der Waals surface area (Å²) in [6.45, 7) is 0. The summed E-state index contributed by atoms with van der Waals surface area (Å²) in [6, 6.07) is 4.65. The largest absolute Gasteiger partial charge is 0.494 e. The summed E-state index contributed by atoms with van der Waals surface area (Å²) in [5.41, 5.74) is 3.52. The maximum atomic E-state index is 14.0. The van der Waals surface area contributed by atoms with Crippen LogP contribution >= 0.6 is 0 Å². The molecule has 0 aliphatic carbocycles. The van der Waals surface area contributed by atoms with E-state index in [1.165, 1.54) is 19.5 Å². The van der Waals surface area contributed by atoms with Gasteiger partial charge in [0.05, 0.1) is 24.7 Å². The van der Waals surface area contributed by atoms with Gasteiger partial charge in [0.15, 0.2) is 17.2 Å². The van der Waals surface area contributed by atoms with Gasteiger partial charge >= 0.3 is 0 Å². The van der Waals surface area contributed by atoms with Gasteiger partial charge in [-0.1, -0.05) is 0 Å². The minimum absolute atomic E-state index is 0.177. The molecule has 0 saturated carbocycles. The number of benzene rings is 1. The number of hydrogen-bond donors (Lipinski definition) is 1. The molecule has 0 amide bonds. The molecule has 0 atom stereocenters. The lowest BCUT2D eigenvalue weighted by Gasteiger charge is -2.04. The van der Waals surface area contributed by atoms with Crippen molar-refractivity contribution in [2.45, 2.75) is 0 Å². The highest BCUT2D eigenvalue weighted by Gasteiger charge is 2.14. The number of hydrogen-bond acceptors (Lipinski definition) is 6. The van der Waals surface area contributed by atoms with Gasteiger partial charge in [-0.05, 0) is 18.2 Å². The van der Waals surface area contributed by atoms with Crippen LogP contribution in [0.25, 0.3) is 33.7 Å². The molecule has 0 aliphatic heterocycles. The van der Waals surface area contributed by atoms with Gasteiger partial charge in [-0.15, -0.1) is 0 Å². The zero-order valence-electron chi connectivity index (χ0n) is 12.6. The van der Waals surface area contributed by atoms with E-state index in [9.17, 15) is 4.39 Å². The first-order chi connectivity index (χ1) is 11.8. The average Bonchev–Trinajstić information content (AvgIpc) is 3.05. The number of aromatic nitrogens is 6. The Morgan fingerprint density at radius 3 is 2.67 bits per heavy atom. The summed E-state index contributed by atoms with van der Waals surface area (Å²) in [4.78, 5) is 16.8. The molecule has 1 N–H and O–H groups in total. The number of aromatic amines is 1. The van der Waals surface area contributed by atoms with Crippen molar-refractivity contribution in [1.29, 1.82) is 0 Å². The third-order valence-electron chi connectivity index (χ3n) is 3.56. The van der Waals surface area contributed by atoms with E-state index in [0.29, 0.717) is 28.1 Å². The van der Waals surface area contributed by atoms with E-state index in [2.05, 4.69) is 30.1 Å². The predicted molar refractivity (Wildman–Crippen MR) is 84.7 cm³/mol. The quantitative estimate of drug-likeness (QED) is 0.623. The van der Waals surface area contributed by atoms with Crippen LogP contribution in [0.5, 0.6) is 5.75 Å². The SMILES string of the molecule is COc1ccc(-c2[nH]nc3ncc(-c4cncnc4)nc23)cc1F. The maximum absolute atomic E-state index is 14.0. The Hall–Kier alpha value is -3.42. The van der Waals surface area contributed by atoms with Crippen molar-refractivity contribution < 1.29 is 9.13 Å². The summed E-state index contributed by atoms with van der Waals surface area (Å²) in [5, 5.41) is 6.98. The summed E-state index contributed by atoms with van der Waals surface area (Å²) in [5.74, 6) is -0.283. The minimum Gasteiger partial charge on any atom is -0.494 e. The second-order valence-electron chi connectivity index (χ2n) is 5.00. The average molecular weight is 322 g/mol. The van der Waals surface area contributed by atoms with E-state index >= 15 is 0 Å². The van der Waals surface area contributed by atoms with Gasteiger partial charge in [0, 0.05) is 23.5 Å². The van der Waals surface area contributed by atoms with Crippen molar-refractivity contribution in [3.8, 4) is 28.3 Å². The van der Waals surface area contributed by atoms with Gasteiger partial charge in [-0.3, -0.25) is 5.10 Å². The van der Waals surface area contributed by atoms with E-state index in [4.69, 9.17) is 4.74 Å². The van der Waals surface area contributed by atoms with Gasteiger partial charge in [0.2, 0.25) is 0 Å². The number of nitrogens with one attached hydrogen (secondary N) is 1. The van der Waals surface area contributed by atoms with E-state index < -0.39 is 5.82 Å². The highest BCUT2D eigenvalue weighted by atomic mass is 19.1. The van der Waals surface area contributed by atoms with Crippen molar-refractivity contribution in [1.82, 2.24) is 30.1 Å². The standard InChI is InChI=1S/C16H11FN6O/c1-24-13-3-2-9(4-11(13)17)14-15-16(23-22-14)20-7-12(21-15)10-5-18-8-19-6-10/h2-8H,1H3,(H,20,22,23). The van der Waals surface area contributed by atoms with Crippen molar-refractivity contribution >= 4 is 11.2 Å². The highest BCUT2D eigenvalue weighted by Crippen LogP contribution is 2.29. The molecule has 4 aromatic rings. The second kappa shape index (κ2) is 5.65. The molecule has 0 unspecified atom stereocenters. The molecule has 3 heterocycles. The Balaban J connectivity index is 1.86. The molecule has 8 heteroatoms. The van der Waals surface area contributed by atoms with Crippen LogP contribution in [0, 0.1) is 5.82 Å². The molecule has 0 saturated heterocycles. The predicted octanol–water partition coefficient (Wildman–Crippen LogP) is 2.62. The summed E-state index contributed by atoms with van der Waals surface area (Å²) < 4.78 is 18.9. The third-order valence-corrected chi connectivity index (χ3v) is 3.56. The minimum atomic E-state index is -0.460. The number of rotatable bonds is 3. The Labute approximate surface area is 135 Å². The summed E-state index contributed by atoms with van der Waals surface area (Å²) >= 11 is 0. The van der Waals surface area contributed by atoms with Crippen molar-refractivity contribution in [2.24, 2.45) is 0 Å². The first-order valence-corrected chi connectivity index (χ1v) is 7.06. The zero-order chi connectivity index (χ0) is 16.5. The lowest BCUT2D eigenvalue weighted by atomic mass is 10.1. The topological polar surface area (TPSA) is 89.5 Å². The van der Waals surface area contributed by atoms with Crippen molar-refractivity contribution in [3.63, 3.8) is 0 Å². The molecule has 3 aromatic heterocycles. The molecule has 0 spiro atoms. The lowest BCUT2D eigenvalue weighted by Crippen LogP contribution is -1.91. The zero-order valence-corrected chi connectivity index (χ0v) is 12.6. The smallest absolute Gasteiger partial charge is 0.200 e. The molecular formula is C16H11FN6O. The Morgan fingerprint density at radius 2 is 1.92 bits per heavy atom. The fourth-order valence-electron chi connectivity index (χ4n) is 2.39. The molecule has 0 bridgehead atoms. The molecule has 0 radical (unpaired) electrons. The number of H-pyrrole nitrogens is 1. The van der Waals surface area contributed by atoms with Crippen LogP contribution in [0.15, 0.2) is 43.1 Å². The summed E-state index contributed by atoms with van der Waals surface area (Å²) in [6.07, 6.45) is 6.34. The fourth-order valence-corrected chi connectivity index (χ4v) is 2.39. The normalized spacial score (nSPS) is 10.9. The van der Waals surface area contributed by atoms with Crippen LogP contribution < -0.4 is 4.74 Å². The van der Waals surface area contributed by atoms with Crippen LogP contribution in [-0.2, 0) is 0 Å². The number of halogens is 1. The van der Waals surface area contributed by atoms with Crippen LogP contribution in [0.1, 0.15) is 0 Å². The number of fused-ring (bicyclic) bond motifs is 1. The third kappa shape index (κ3) is 2.34. The maximum Gasteiger partial charge on any atom is 0.200 e. The van der Waals surface area contributed by atoms with Gasteiger partial charge in [-0.25, -0.2) is 24.3 Å². The van der Waals surface area contributed by atoms with Crippen LogP contribution in [0.2, 0.25) is 0 Å². The van der Waals surface area contributed by atoms with Gasteiger partial charge in [0.1, 0.15) is 11.8 Å². The number of ether oxygens (including phenoxy) is 1. The van der Waals surface area contributed by atoms with E-state index in [1.54, 1.807) is 30.7 Å². The van der Waals surface area contributed by atoms with Crippen molar-refractivity contribution in [2.75, 3.05) is 7.11 Å². The monoisotopic (exact) mass is 322 g/mol. The summed E-state index contributed by atoms with van der Waals surface area (Å²) in [7, 11) is 1.42. The molecular weight excluding hydrogens is 311 g/mol. The fraction of sp³-hybridized carbons (Fsp3) is 0.0625. The number of nitrogens with zero attached hydrogens (tertiary/aromatic N) is 5. The first-order valence-electron chi connectivity index (χ1n) is 7.06. The molecule has 1 aromatic carbocycles. The van der Waals surface area contributed by atoms with Crippen LogP contribution in [0.4, 0.5) is 4.39 Å². The molecule has 0 aliphatic rings. The molecule has 4 rings (SSSR count). The van der Waals surface area contributed by atoms with E-state index in [1.807, 2.05) is 0 Å². The molecule has 0 fully saturated rings.